The summed E-state index contributed by atoms with van der Waals surface area (Å²) in [5.41, 5.74) is 0.692. The molecule has 4 nitrogen and oxygen atoms in total. The van der Waals surface area contributed by atoms with E-state index >= 15 is 0 Å². The largest absolute Gasteiger partial charge is 0.353 e. The van der Waals surface area contributed by atoms with E-state index in [9.17, 15) is 4.79 Å². The van der Waals surface area contributed by atoms with Gasteiger partial charge in [0.25, 0.3) is 5.91 Å². The van der Waals surface area contributed by atoms with Crippen LogP contribution in [-0.2, 0) is 13.1 Å². The molecular formula is C13H16BrN3O. The van der Waals surface area contributed by atoms with E-state index in [1.165, 1.54) is 0 Å². The SMILES string of the molecule is CCn1cc(Br)cc1C(=O)NCCn1cccc1. The van der Waals surface area contributed by atoms with Crippen molar-refractivity contribution in [2.45, 2.75) is 20.0 Å². The van der Waals surface area contributed by atoms with E-state index in [0.717, 1.165) is 17.6 Å². The normalized spacial score (nSPS) is 10.6. The molecule has 0 saturated carbocycles. The Morgan fingerprint density at radius 2 is 2.11 bits per heavy atom. The minimum Gasteiger partial charge on any atom is -0.353 e. The van der Waals surface area contributed by atoms with Crippen molar-refractivity contribution in [3.8, 4) is 0 Å². The Labute approximate surface area is 115 Å². The van der Waals surface area contributed by atoms with Crippen molar-refractivity contribution in [3.63, 3.8) is 0 Å². The first-order valence-corrected chi connectivity index (χ1v) is 6.74. The number of nitrogens with zero attached hydrogens (tertiary/aromatic N) is 2. The first kappa shape index (κ1) is 13.0. The molecule has 0 radical (unpaired) electrons. The zero-order chi connectivity index (χ0) is 13.0. The highest BCUT2D eigenvalue weighted by Gasteiger charge is 2.11. The van der Waals surface area contributed by atoms with Gasteiger partial charge in [0, 0.05) is 42.7 Å². The number of aromatic nitrogens is 2. The van der Waals surface area contributed by atoms with Crippen LogP contribution in [0, 0.1) is 0 Å². The fourth-order valence-electron chi connectivity index (χ4n) is 1.84. The number of hydrogen-bond acceptors (Lipinski definition) is 1. The molecule has 0 spiro atoms. The van der Waals surface area contributed by atoms with Crippen molar-refractivity contribution in [1.29, 1.82) is 0 Å². The first-order valence-electron chi connectivity index (χ1n) is 5.95. The summed E-state index contributed by atoms with van der Waals surface area (Å²) in [4.78, 5) is 12.0. The predicted octanol–water partition coefficient (Wildman–Crippen LogP) is 2.50. The highest BCUT2D eigenvalue weighted by Crippen LogP contribution is 2.14. The second-order valence-electron chi connectivity index (χ2n) is 4.01. The molecule has 0 aromatic carbocycles. The van der Waals surface area contributed by atoms with Crippen molar-refractivity contribution in [2.24, 2.45) is 0 Å². The summed E-state index contributed by atoms with van der Waals surface area (Å²) in [6, 6.07) is 5.79. The summed E-state index contributed by atoms with van der Waals surface area (Å²) in [5.74, 6) is -0.0327. The van der Waals surface area contributed by atoms with E-state index in [1.54, 1.807) is 0 Å². The molecule has 0 aliphatic rings. The average molecular weight is 310 g/mol. The highest BCUT2D eigenvalue weighted by molar-refractivity contribution is 9.10. The van der Waals surface area contributed by atoms with Crippen LogP contribution >= 0.6 is 15.9 Å². The Morgan fingerprint density at radius 3 is 2.78 bits per heavy atom. The standard InChI is InChI=1S/C13H16BrN3O/c1-2-17-10-11(14)9-12(17)13(18)15-5-8-16-6-3-4-7-16/h3-4,6-7,9-10H,2,5,8H2,1H3,(H,15,18). The minimum atomic E-state index is -0.0327. The van der Waals surface area contributed by atoms with Gasteiger partial charge in [0.15, 0.2) is 0 Å². The molecule has 0 bridgehead atoms. The number of nitrogens with one attached hydrogen (secondary N) is 1. The first-order chi connectivity index (χ1) is 8.70. The van der Waals surface area contributed by atoms with Gasteiger partial charge < -0.3 is 14.5 Å². The van der Waals surface area contributed by atoms with Crippen LogP contribution < -0.4 is 5.32 Å². The van der Waals surface area contributed by atoms with Crippen LogP contribution in [0.1, 0.15) is 17.4 Å². The lowest BCUT2D eigenvalue weighted by Gasteiger charge is -2.08. The van der Waals surface area contributed by atoms with Crippen LogP contribution in [0.25, 0.3) is 0 Å². The van der Waals surface area contributed by atoms with Crippen LogP contribution in [0.3, 0.4) is 0 Å². The summed E-state index contributed by atoms with van der Waals surface area (Å²) in [6.07, 6.45) is 5.88. The quantitative estimate of drug-likeness (QED) is 0.905. The molecule has 18 heavy (non-hydrogen) atoms. The lowest BCUT2D eigenvalue weighted by Crippen LogP contribution is -2.28. The Kier molecular flexibility index (Phi) is 4.25. The van der Waals surface area contributed by atoms with Crippen LogP contribution in [0.15, 0.2) is 41.3 Å². The summed E-state index contributed by atoms with van der Waals surface area (Å²) >= 11 is 3.39. The molecule has 0 unspecified atom stereocenters. The molecule has 0 aliphatic heterocycles. The molecule has 2 aromatic heterocycles. The third-order valence-corrected chi connectivity index (χ3v) is 3.19. The molecule has 0 atom stereocenters. The molecule has 1 amide bonds. The Morgan fingerprint density at radius 1 is 1.39 bits per heavy atom. The fourth-order valence-corrected chi connectivity index (χ4v) is 2.30. The molecule has 0 fully saturated rings. The molecule has 2 aromatic rings. The van der Waals surface area contributed by atoms with Crippen molar-refractivity contribution in [2.75, 3.05) is 6.54 Å². The predicted molar refractivity (Wildman–Crippen MR) is 74.6 cm³/mol. The van der Waals surface area contributed by atoms with Gasteiger partial charge in [-0.1, -0.05) is 0 Å². The van der Waals surface area contributed by atoms with E-state index in [-0.39, 0.29) is 5.91 Å². The molecule has 0 aliphatic carbocycles. The number of carbonyl (C=O) groups is 1. The van der Waals surface area contributed by atoms with Crippen LogP contribution in [0.4, 0.5) is 0 Å². The van der Waals surface area contributed by atoms with E-state index in [4.69, 9.17) is 0 Å². The van der Waals surface area contributed by atoms with Crippen molar-refractivity contribution in [1.82, 2.24) is 14.5 Å². The fraction of sp³-hybridized carbons (Fsp3) is 0.308. The van der Waals surface area contributed by atoms with Gasteiger partial charge in [0.05, 0.1) is 0 Å². The number of halogens is 1. The van der Waals surface area contributed by atoms with Gasteiger partial charge in [0.1, 0.15) is 5.69 Å². The monoisotopic (exact) mass is 309 g/mol. The Hall–Kier alpha value is -1.49. The van der Waals surface area contributed by atoms with E-state index < -0.39 is 0 Å². The van der Waals surface area contributed by atoms with Crippen LogP contribution in [0.2, 0.25) is 0 Å². The Bertz CT molecular complexity index is 516. The van der Waals surface area contributed by atoms with Crippen LogP contribution in [0.5, 0.6) is 0 Å². The van der Waals surface area contributed by atoms with Crippen molar-refractivity contribution >= 4 is 21.8 Å². The zero-order valence-corrected chi connectivity index (χ0v) is 11.9. The maximum Gasteiger partial charge on any atom is 0.268 e. The zero-order valence-electron chi connectivity index (χ0n) is 10.3. The van der Waals surface area contributed by atoms with Gasteiger partial charge in [-0.3, -0.25) is 4.79 Å². The van der Waals surface area contributed by atoms with Crippen molar-refractivity contribution < 1.29 is 4.79 Å². The van der Waals surface area contributed by atoms with E-state index in [1.807, 2.05) is 52.8 Å². The number of rotatable bonds is 5. The molecule has 96 valence electrons. The van der Waals surface area contributed by atoms with Gasteiger partial charge in [0.2, 0.25) is 0 Å². The van der Waals surface area contributed by atoms with E-state index in [2.05, 4.69) is 21.2 Å². The van der Waals surface area contributed by atoms with Crippen molar-refractivity contribution in [3.05, 3.63) is 47.0 Å². The number of carbonyl (C=O) groups excluding carboxylic acids is 1. The number of hydrogen-bond donors (Lipinski definition) is 1. The summed E-state index contributed by atoms with van der Waals surface area (Å²) in [6.45, 7) is 4.21. The van der Waals surface area contributed by atoms with Gasteiger partial charge >= 0.3 is 0 Å². The molecule has 1 N–H and O–H groups in total. The molecular weight excluding hydrogens is 294 g/mol. The average Bonchev–Trinajstić information content (AvgIpc) is 2.98. The lowest BCUT2D eigenvalue weighted by molar-refractivity contribution is 0.0943. The molecule has 2 rings (SSSR count). The summed E-state index contributed by atoms with van der Waals surface area (Å²) in [7, 11) is 0. The third kappa shape index (κ3) is 3.04. The molecule has 5 heteroatoms. The van der Waals surface area contributed by atoms with Gasteiger partial charge in [-0.15, -0.1) is 0 Å². The highest BCUT2D eigenvalue weighted by atomic mass is 79.9. The third-order valence-electron chi connectivity index (χ3n) is 2.76. The number of amides is 1. The Balaban J connectivity index is 1.91. The number of aryl methyl sites for hydroxylation is 1. The summed E-state index contributed by atoms with van der Waals surface area (Å²) < 4.78 is 4.89. The van der Waals surface area contributed by atoms with Gasteiger partial charge in [-0.25, -0.2) is 0 Å². The lowest BCUT2D eigenvalue weighted by atomic mass is 10.4. The van der Waals surface area contributed by atoms with Gasteiger partial charge in [-0.05, 0) is 41.1 Å². The maximum atomic E-state index is 12.0. The summed E-state index contributed by atoms with van der Waals surface area (Å²) in [5, 5.41) is 2.92. The second kappa shape index (κ2) is 5.91. The van der Waals surface area contributed by atoms with E-state index in [0.29, 0.717) is 12.2 Å². The maximum absolute atomic E-state index is 12.0. The molecule has 2 heterocycles. The van der Waals surface area contributed by atoms with Crippen LogP contribution in [-0.4, -0.2) is 21.6 Å². The van der Waals surface area contributed by atoms with Gasteiger partial charge in [-0.2, -0.15) is 0 Å². The topological polar surface area (TPSA) is 39.0 Å². The second-order valence-corrected chi connectivity index (χ2v) is 4.92. The minimum absolute atomic E-state index is 0.0327. The molecule has 0 saturated heterocycles. The smallest absolute Gasteiger partial charge is 0.268 e.